The molecule has 0 fully saturated rings. The summed E-state index contributed by atoms with van der Waals surface area (Å²) in [7, 11) is -2.54. The minimum Gasteiger partial charge on any atom is -0.313 e. The van der Waals surface area contributed by atoms with Crippen LogP contribution in [0.4, 0.5) is 15.8 Å². The van der Waals surface area contributed by atoms with Crippen molar-refractivity contribution in [3.63, 3.8) is 0 Å². The zero-order chi connectivity index (χ0) is 17.5. The lowest BCUT2D eigenvalue weighted by Crippen LogP contribution is -2.39. The third-order valence-electron chi connectivity index (χ3n) is 4.10. The average Bonchev–Trinajstić information content (AvgIpc) is 2.63. The van der Waals surface area contributed by atoms with Gasteiger partial charge in [-0.3, -0.25) is 9.10 Å². The number of hydrogen-bond acceptors (Lipinski definition) is 3. The number of benzene rings is 2. The van der Waals surface area contributed by atoms with Crippen LogP contribution in [0.25, 0.3) is 0 Å². The van der Waals surface area contributed by atoms with Crippen LogP contribution in [0.5, 0.6) is 0 Å². The Morgan fingerprint density at radius 3 is 2.29 bits per heavy atom. The first-order valence-electron chi connectivity index (χ1n) is 7.48. The van der Waals surface area contributed by atoms with Crippen molar-refractivity contribution in [2.24, 2.45) is 0 Å². The first-order chi connectivity index (χ1) is 11.3. The fraction of sp³-hybridized carbons (Fsp3) is 0.235. The van der Waals surface area contributed by atoms with Gasteiger partial charge < -0.3 is 4.90 Å². The standard InChI is InChI=1S/C17H17FN2O3S/c1-12-11-17(21)19(2)14-8-4-5-9-15(14)20(12)24(22,23)16-10-6-3-7-13(16)18/h3-10,12H,11H2,1-2H3. The Labute approximate surface area is 140 Å². The van der Waals surface area contributed by atoms with E-state index in [1.54, 1.807) is 38.2 Å². The van der Waals surface area contributed by atoms with Crippen LogP contribution >= 0.6 is 0 Å². The monoisotopic (exact) mass is 348 g/mol. The van der Waals surface area contributed by atoms with E-state index in [-0.39, 0.29) is 12.3 Å². The molecule has 2 aromatic carbocycles. The predicted molar refractivity (Wildman–Crippen MR) is 90.0 cm³/mol. The fourth-order valence-corrected chi connectivity index (χ4v) is 4.64. The van der Waals surface area contributed by atoms with Crippen molar-refractivity contribution in [3.8, 4) is 0 Å². The smallest absolute Gasteiger partial charge is 0.267 e. The molecule has 0 aliphatic carbocycles. The number of anilines is 2. The van der Waals surface area contributed by atoms with Gasteiger partial charge in [0.25, 0.3) is 10.0 Å². The number of amides is 1. The van der Waals surface area contributed by atoms with Gasteiger partial charge in [-0.1, -0.05) is 24.3 Å². The van der Waals surface area contributed by atoms with E-state index in [1.165, 1.54) is 23.1 Å². The van der Waals surface area contributed by atoms with E-state index < -0.39 is 26.8 Å². The number of nitrogens with zero attached hydrogens (tertiary/aromatic N) is 2. The molecule has 0 N–H and O–H groups in total. The molecule has 1 unspecified atom stereocenters. The van der Waals surface area contributed by atoms with Gasteiger partial charge in [0, 0.05) is 13.5 Å². The molecule has 0 bridgehead atoms. The van der Waals surface area contributed by atoms with Gasteiger partial charge in [0.15, 0.2) is 0 Å². The molecule has 2 aromatic rings. The summed E-state index contributed by atoms with van der Waals surface area (Å²) in [6.07, 6.45) is 0.0128. The summed E-state index contributed by atoms with van der Waals surface area (Å²) in [6.45, 7) is 1.65. The van der Waals surface area contributed by atoms with E-state index in [0.29, 0.717) is 11.4 Å². The van der Waals surface area contributed by atoms with Gasteiger partial charge in [-0.2, -0.15) is 0 Å². The lowest BCUT2D eigenvalue weighted by Gasteiger charge is -2.29. The molecule has 7 heteroatoms. The van der Waals surface area contributed by atoms with Crippen LogP contribution in [0.2, 0.25) is 0 Å². The molecule has 5 nitrogen and oxygen atoms in total. The van der Waals surface area contributed by atoms with Crippen LogP contribution in [-0.4, -0.2) is 27.4 Å². The zero-order valence-electron chi connectivity index (χ0n) is 13.3. The summed E-state index contributed by atoms with van der Waals surface area (Å²) in [6, 6.07) is 11.3. The lowest BCUT2D eigenvalue weighted by molar-refractivity contribution is -0.118. The van der Waals surface area contributed by atoms with Crippen molar-refractivity contribution >= 4 is 27.3 Å². The van der Waals surface area contributed by atoms with E-state index in [2.05, 4.69) is 0 Å². The van der Waals surface area contributed by atoms with Crippen molar-refractivity contribution in [3.05, 3.63) is 54.3 Å². The van der Waals surface area contributed by atoms with Crippen LogP contribution in [-0.2, 0) is 14.8 Å². The molecular weight excluding hydrogens is 331 g/mol. The Morgan fingerprint density at radius 2 is 1.62 bits per heavy atom. The van der Waals surface area contributed by atoms with E-state index >= 15 is 0 Å². The van der Waals surface area contributed by atoms with Crippen molar-refractivity contribution in [1.29, 1.82) is 0 Å². The highest BCUT2D eigenvalue weighted by Crippen LogP contribution is 2.38. The van der Waals surface area contributed by atoms with E-state index in [4.69, 9.17) is 0 Å². The van der Waals surface area contributed by atoms with Gasteiger partial charge in [0.1, 0.15) is 10.7 Å². The normalized spacial score (nSPS) is 18.3. The minimum atomic E-state index is -4.15. The van der Waals surface area contributed by atoms with Gasteiger partial charge in [-0.05, 0) is 31.2 Å². The van der Waals surface area contributed by atoms with Crippen molar-refractivity contribution < 1.29 is 17.6 Å². The summed E-state index contributed by atoms with van der Waals surface area (Å²) in [5, 5.41) is 0. The van der Waals surface area contributed by atoms with E-state index in [9.17, 15) is 17.6 Å². The molecule has 3 rings (SSSR count). The van der Waals surface area contributed by atoms with Crippen molar-refractivity contribution in [1.82, 2.24) is 0 Å². The summed E-state index contributed by atoms with van der Waals surface area (Å²) < 4.78 is 41.5. The fourth-order valence-electron chi connectivity index (χ4n) is 2.90. The highest BCUT2D eigenvalue weighted by Gasteiger charge is 2.37. The number of hydrogen-bond donors (Lipinski definition) is 0. The molecule has 0 saturated heterocycles. The number of sulfonamides is 1. The average molecular weight is 348 g/mol. The molecule has 126 valence electrons. The van der Waals surface area contributed by atoms with Gasteiger partial charge in [-0.25, -0.2) is 12.8 Å². The quantitative estimate of drug-likeness (QED) is 0.838. The highest BCUT2D eigenvalue weighted by molar-refractivity contribution is 7.92. The largest absolute Gasteiger partial charge is 0.313 e. The van der Waals surface area contributed by atoms with Crippen molar-refractivity contribution in [2.75, 3.05) is 16.3 Å². The number of halogens is 1. The van der Waals surface area contributed by atoms with Gasteiger partial charge in [0.05, 0.1) is 17.4 Å². The number of carbonyl (C=O) groups is 1. The second-order valence-electron chi connectivity index (χ2n) is 5.73. The molecule has 1 atom stereocenters. The van der Waals surface area contributed by atoms with E-state index in [1.807, 2.05) is 0 Å². The van der Waals surface area contributed by atoms with Gasteiger partial charge in [-0.15, -0.1) is 0 Å². The number of carbonyl (C=O) groups excluding carboxylic acids is 1. The minimum absolute atomic E-state index is 0.0128. The third kappa shape index (κ3) is 2.54. The third-order valence-corrected chi connectivity index (χ3v) is 6.06. The molecule has 0 radical (unpaired) electrons. The zero-order valence-corrected chi connectivity index (χ0v) is 14.1. The topological polar surface area (TPSA) is 57.7 Å². The Bertz CT molecular complexity index is 898. The number of rotatable bonds is 2. The maximum atomic E-state index is 14.1. The summed E-state index contributed by atoms with van der Waals surface area (Å²) >= 11 is 0. The Hall–Kier alpha value is -2.41. The summed E-state index contributed by atoms with van der Waals surface area (Å²) in [5.74, 6) is -1.01. The molecule has 1 aliphatic heterocycles. The molecule has 1 heterocycles. The molecule has 0 saturated carbocycles. The highest BCUT2D eigenvalue weighted by atomic mass is 32.2. The maximum absolute atomic E-state index is 14.1. The van der Waals surface area contributed by atoms with Crippen LogP contribution in [0, 0.1) is 5.82 Å². The maximum Gasteiger partial charge on any atom is 0.267 e. The van der Waals surface area contributed by atoms with E-state index in [0.717, 1.165) is 10.4 Å². The number of para-hydroxylation sites is 2. The first kappa shape index (κ1) is 16.4. The number of fused-ring (bicyclic) bond motifs is 1. The second-order valence-corrected chi connectivity index (χ2v) is 7.51. The predicted octanol–water partition coefficient (Wildman–Crippen LogP) is 2.78. The van der Waals surface area contributed by atoms with Crippen LogP contribution < -0.4 is 9.21 Å². The SMILES string of the molecule is CC1CC(=O)N(C)c2ccccc2N1S(=O)(=O)c1ccccc1F. The summed E-state index contributed by atoms with van der Waals surface area (Å²) in [5.41, 5.74) is 0.841. The lowest BCUT2D eigenvalue weighted by atomic mass is 10.2. The Morgan fingerprint density at radius 1 is 1.04 bits per heavy atom. The Kier molecular flexibility index (Phi) is 4.04. The molecular formula is C17H17FN2O3S. The molecule has 24 heavy (non-hydrogen) atoms. The Balaban J connectivity index is 2.24. The van der Waals surface area contributed by atoms with Gasteiger partial charge in [0.2, 0.25) is 5.91 Å². The molecule has 1 amide bonds. The molecule has 1 aliphatic rings. The summed E-state index contributed by atoms with van der Waals surface area (Å²) in [4.78, 5) is 13.3. The first-order valence-corrected chi connectivity index (χ1v) is 8.92. The van der Waals surface area contributed by atoms with Crippen LogP contribution in [0.3, 0.4) is 0 Å². The second kappa shape index (κ2) is 5.90. The van der Waals surface area contributed by atoms with Crippen LogP contribution in [0.15, 0.2) is 53.4 Å². The van der Waals surface area contributed by atoms with Gasteiger partial charge >= 0.3 is 0 Å². The van der Waals surface area contributed by atoms with Crippen molar-refractivity contribution in [2.45, 2.75) is 24.3 Å². The molecule has 0 aromatic heterocycles. The molecule has 0 spiro atoms. The van der Waals surface area contributed by atoms with Crippen LogP contribution in [0.1, 0.15) is 13.3 Å².